The fourth-order valence-electron chi connectivity index (χ4n) is 2.81. The lowest BCUT2D eigenvalue weighted by Gasteiger charge is -2.27. The molecule has 0 aliphatic carbocycles. The topological polar surface area (TPSA) is 83.9 Å². The lowest BCUT2D eigenvalue weighted by molar-refractivity contribution is -0.138. The molecule has 2 heterocycles. The van der Waals surface area contributed by atoms with Crippen LogP contribution in [0, 0.1) is 0 Å². The SMILES string of the molecule is O=C(O)CN(CCC1CCCO1)C1CCS(=O)(=O)C1. The van der Waals surface area contributed by atoms with Gasteiger partial charge in [-0.2, -0.15) is 0 Å². The lowest BCUT2D eigenvalue weighted by Crippen LogP contribution is -2.41. The Morgan fingerprint density at radius 3 is 2.68 bits per heavy atom. The molecule has 1 N–H and O–H groups in total. The van der Waals surface area contributed by atoms with E-state index in [1.165, 1.54) is 0 Å². The van der Waals surface area contributed by atoms with Gasteiger partial charge in [0, 0.05) is 19.2 Å². The normalized spacial score (nSPS) is 29.9. The summed E-state index contributed by atoms with van der Waals surface area (Å²) >= 11 is 0. The zero-order valence-corrected chi connectivity index (χ0v) is 11.8. The van der Waals surface area contributed by atoms with Gasteiger partial charge in [-0.25, -0.2) is 8.42 Å². The zero-order valence-electron chi connectivity index (χ0n) is 11.0. The van der Waals surface area contributed by atoms with E-state index in [1.54, 1.807) is 4.90 Å². The van der Waals surface area contributed by atoms with Crippen molar-refractivity contribution in [2.75, 3.05) is 31.2 Å². The number of carboxylic acids is 1. The molecule has 2 fully saturated rings. The number of nitrogens with zero attached hydrogens (tertiary/aromatic N) is 1. The van der Waals surface area contributed by atoms with Crippen LogP contribution in [0.5, 0.6) is 0 Å². The molecule has 2 saturated heterocycles. The quantitative estimate of drug-likeness (QED) is 0.749. The Morgan fingerprint density at radius 2 is 2.16 bits per heavy atom. The van der Waals surface area contributed by atoms with Crippen molar-refractivity contribution >= 4 is 15.8 Å². The van der Waals surface area contributed by atoms with Crippen molar-refractivity contribution in [3.8, 4) is 0 Å². The maximum absolute atomic E-state index is 11.5. The predicted molar refractivity (Wildman–Crippen MR) is 69.9 cm³/mol. The summed E-state index contributed by atoms with van der Waals surface area (Å²) in [5.74, 6) is -0.642. The first-order valence-electron chi connectivity index (χ1n) is 6.74. The smallest absolute Gasteiger partial charge is 0.317 e. The maximum atomic E-state index is 11.5. The van der Waals surface area contributed by atoms with E-state index in [0.717, 1.165) is 25.9 Å². The van der Waals surface area contributed by atoms with Gasteiger partial charge in [0.2, 0.25) is 0 Å². The molecule has 0 amide bonds. The van der Waals surface area contributed by atoms with E-state index >= 15 is 0 Å². The largest absolute Gasteiger partial charge is 0.480 e. The number of hydrogen-bond acceptors (Lipinski definition) is 5. The fourth-order valence-corrected chi connectivity index (χ4v) is 4.57. The minimum atomic E-state index is -2.98. The van der Waals surface area contributed by atoms with Gasteiger partial charge < -0.3 is 9.84 Å². The summed E-state index contributed by atoms with van der Waals surface area (Å²) in [6.07, 6.45) is 3.60. The molecular weight excluding hydrogens is 270 g/mol. The van der Waals surface area contributed by atoms with Crippen LogP contribution in [-0.2, 0) is 19.4 Å². The average molecular weight is 291 g/mol. The number of carbonyl (C=O) groups is 1. The second-order valence-corrected chi connectivity index (χ2v) is 7.57. The second-order valence-electron chi connectivity index (χ2n) is 5.34. The van der Waals surface area contributed by atoms with E-state index < -0.39 is 15.8 Å². The number of ether oxygens (including phenoxy) is 1. The van der Waals surface area contributed by atoms with Crippen LogP contribution in [-0.4, -0.2) is 67.7 Å². The molecule has 2 rings (SSSR count). The van der Waals surface area contributed by atoms with Gasteiger partial charge in [-0.15, -0.1) is 0 Å². The Kier molecular flexibility index (Phi) is 4.81. The Morgan fingerprint density at radius 1 is 1.37 bits per heavy atom. The lowest BCUT2D eigenvalue weighted by atomic mass is 10.1. The molecule has 0 aromatic rings. The van der Waals surface area contributed by atoms with Gasteiger partial charge in [0.25, 0.3) is 0 Å². The van der Waals surface area contributed by atoms with Gasteiger partial charge in [-0.3, -0.25) is 9.69 Å². The van der Waals surface area contributed by atoms with E-state index in [2.05, 4.69) is 0 Å². The van der Waals surface area contributed by atoms with Gasteiger partial charge in [0.05, 0.1) is 24.2 Å². The van der Waals surface area contributed by atoms with Crippen LogP contribution in [0.25, 0.3) is 0 Å². The molecular formula is C12H21NO5S. The molecule has 0 spiro atoms. The third-order valence-corrected chi connectivity index (χ3v) is 5.58. The highest BCUT2D eigenvalue weighted by Crippen LogP contribution is 2.20. The van der Waals surface area contributed by atoms with Crippen LogP contribution >= 0.6 is 0 Å². The van der Waals surface area contributed by atoms with Crippen molar-refractivity contribution in [1.82, 2.24) is 4.90 Å². The molecule has 6 nitrogen and oxygen atoms in total. The number of carboxylic acid groups (broad SMARTS) is 1. The van der Waals surface area contributed by atoms with E-state index in [-0.39, 0.29) is 30.2 Å². The van der Waals surface area contributed by atoms with Crippen molar-refractivity contribution in [3.63, 3.8) is 0 Å². The molecule has 2 unspecified atom stereocenters. The third kappa shape index (κ3) is 4.43. The van der Waals surface area contributed by atoms with Crippen LogP contribution < -0.4 is 0 Å². The summed E-state index contributed by atoms with van der Waals surface area (Å²) < 4.78 is 28.5. The van der Waals surface area contributed by atoms with Gasteiger partial charge in [-0.1, -0.05) is 0 Å². The third-order valence-electron chi connectivity index (χ3n) is 3.83. The van der Waals surface area contributed by atoms with E-state index in [9.17, 15) is 13.2 Å². The summed E-state index contributed by atoms with van der Waals surface area (Å²) in [4.78, 5) is 12.7. The monoisotopic (exact) mass is 291 g/mol. The fraction of sp³-hybridized carbons (Fsp3) is 0.917. The maximum Gasteiger partial charge on any atom is 0.317 e. The minimum absolute atomic E-state index is 0.0891. The number of hydrogen-bond donors (Lipinski definition) is 1. The van der Waals surface area contributed by atoms with Crippen LogP contribution in [0.2, 0.25) is 0 Å². The van der Waals surface area contributed by atoms with Gasteiger partial charge in [0.15, 0.2) is 9.84 Å². The first-order chi connectivity index (χ1) is 8.96. The molecule has 2 atom stereocenters. The predicted octanol–water partition coefficient (Wildman–Crippen LogP) is 0.129. The molecule has 0 saturated carbocycles. The summed E-state index contributed by atoms with van der Waals surface area (Å²) in [5.41, 5.74) is 0. The first-order valence-corrected chi connectivity index (χ1v) is 8.56. The Labute approximate surface area is 113 Å². The van der Waals surface area contributed by atoms with Gasteiger partial charge in [0.1, 0.15) is 0 Å². The molecule has 7 heteroatoms. The van der Waals surface area contributed by atoms with Crippen molar-refractivity contribution in [1.29, 1.82) is 0 Å². The summed E-state index contributed by atoms with van der Waals surface area (Å²) in [6.45, 7) is 1.28. The summed E-state index contributed by atoms with van der Waals surface area (Å²) in [7, 11) is -2.98. The van der Waals surface area contributed by atoms with Crippen molar-refractivity contribution in [3.05, 3.63) is 0 Å². The Bertz CT molecular complexity index is 416. The highest BCUT2D eigenvalue weighted by Gasteiger charge is 2.33. The summed E-state index contributed by atoms with van der Waals surface area (Å²) in [6, 6.07) is -0.150. The molecule has 0 aromatic carbocycles. The molecule has 19 heavy (non-hydrogen) atoms. The zero-order chi connectivity index (χ0) is 13.9. The van der Waals surface area contributed by atoms with Crippen LogP contribution in [0.4, 0.5) is 0 Å². The van der Waals surface area contributed by atoms with E-state index in [1.807, 2.05) is 0 Å². The highest BCUT2D eigenvalue weighted by atomic mass is 32.2. The summed E-state index contributed by atoms with van der Waals surface area (Å²) in [5, 5.41) is 8.94. The number of rotatable bonds is 6. The van der Waals surface area contributed by atoms with Crippen LogP contribution in [0.3, 0.4) is 0 Å². The first kappa shape index (κ1) is 14.7. The van der Waals surface area contributed by atoms with Gasteiger partial charge >= 0.3 is 5.97 Å². The van der Waals surface area contributed by atoms with Gasteiger partial charge in [-0.05, 0) is 25.7 Å². The van der Waals surface area contributed by atoms with Crippen molar-refractivity contribution in [2.45, 2.75) is 37.8 Å². The van der Waals surface area contributed by atoms with Crippen molar-refractivity contribution < 1.29 is 23.1 Å². The highest BCUT2D eigenvalue weighted by molar-refractivity contribution is 7.91. The Hall–Kier alpha value is -0.660. The molecule has 0 radical (unpaired) electrons. The van der Waals surface area contributed by atoms with Crippen LogP contribution in [0.1, 0.15) is 25.7 Å². The number of aliphatic carboxylic acids is 1. The molecule has 2 aliphatic heterocycles. The Balaban J connectivity index is 1.89. The van der Waals surface area contributed by atoms with Crippen molar-refractivity contribution in [2.24, 2.45) is 0 Å². The molecule has 110 valence electrons. The second kappa shape index (κ2) is 6.19. The van der Waals surface area contributed by atoms with Crippen LogP contribution in [0.15, 0.2) is 0 Å². The number of sulfone groups is 1. The average Bonchev–Trinajstić information content (AvgIpc) is 2.93. The van der Waals surface area contributed by atoms with E-state index in [0.29, 0.717) is 13.0 Å². The standard InChI is InChI=1S/C12H21NO5S/c14-12(15)8-13(5-3-11-2-1-6-18-11)10-4-7-19(16,17)9-10/h10-11H,1-9H2,(H,14,15). The molecule has 0 bridgehead atoms. The molecule has 2 aliphatic rings. The molecule has 0 aromatic heterocycles. The minimum Gasteiger partial charge on any atom is -0.480 e. The van der Waals surface area contributed by atoms with E-state index in [4.69, 9.17) is 9.84 Å².